The maximum Gasteiger partial charge on any atom is 0.134 e. The smallest absolute Gasteiger partial charge is 0.132 e. The highest BCUT2D eigenvalue weighted by Crippen LogP contribution is 2.26. The lowest BCUT2D eigenvalue weighted by Crippen LogP contribution is -2.68. The number of rotatable bonds is 2. The van der Waals surface area contributed by atoms with Crippen molar-refractivity contribution in [1.82, 2.24) is 0 Å². The van der Waals surface area contributed by atoms with Gasteiger partial charge >= 0.3 is 0 Å². The van der Waals surface area contributed by atoms with E-state index in [1.807, 2.05) is 0 Å². The van der Waals surface area contributed by atoms with Gasteiger partial charge in [-0.1, -0.05) is 85.0 Å². The molecule has 3 rings (SSSR count). The second kappa shape index (κ2) is 5.33. The lowest BCUT2D eigenvalue weighted by Gasteiger charge is -2.41. The number of hydrogen-bond acceptors (Lipinski definition) is 0. The molecule has 0 aromatic heterocycles. The third-order valence-corrected chi connectivity index (χ3v) is 9.85. The third kappa shape index (κ3) is 2.76. The fourth-order valence-electron chi connectivity index (χ4n) is 3.19. The first-order valence-corrected chi connectivity index (χ1v) is 13.6. The summed E-state index contributed by atoms with van der Waals surface area (Å²) >= 11 is 0. The summed E-state index contributed by atoms with van der Waals surface area (Å²) in [6.45, 7) is 6.97. The lowest BCUT2D eigenvalue weighted by molar-refractivity contribution is 1.26. The van der Waals surface area contributed by atoms with Gasteiger partial charge in [0.05, 0.1) is 0 Å². The average molecular weight is 307 g/mol. The predicted octanol–water partition coefficient (Wildman–Crippen LogP) is 3.23. The van der Waals surface area contributed by atoms with Crippen molar-refractivity contribution >= 4 is 26.5 Å². The molecule has 1 aliphatic heterocycles. The maximum atomic E-state index is 3.58. The van der Waals surface area contributed by atoms with Gasteiger partial charge in [0.1, 0.15) is 16.1 Å². The van der Waals surface area contributed by atoms with E-state index in [9.17, 15) is 0 Å². The molecule has 1 aliphatic rings. The molecule has 0 aliphatic carbocycles. The molecule has 1 unspecified atom stereocenters. The Morgan fingerprint density at radius 2 is 1.62 bits per heavy atom. The van der Waals surface area contributed by atoms with Gasteiger partial charge in [-0.3, -0.25) is 0 Å². The van der Waals surface area contributed by atoms with E-state index in [0.717, 1.165) is 6.04 Å². The molecule has 0 spiro atoms. The minimum Gasteiger partial charge on any atom is -0.132 e. The van der Waals surface area contributed by atoms with Crippen molar-refractivity contribution < 1.29 is 0 Å². The molecule has 0 nitrogen and oxygen atoms in total. The Labute approximate surface area is 130 Å². The third-order valence-electron chi connectivity index (χ3n) is 4.21. The summed E-state index contributed by atoms with van der Waals surface area (Å²) in [7, 11) is -2.87. The van der Waals surface area contributed by atoms with Crippen LogP contribution in [0.1, 0.15) is 5.56 Å². The first-order valence-electron chi connectivity index (χ1n) is 7.65. The molecular weight excluding hydrogens is 284 g/mol. The van der Waals surface area contributed by atoms with Gasteiger partial charge in [-0.25, -0.2) is 0 Å². The molecule has 0 radical (unpaired) electrons. The summed E-state index contributed by atoms with van der Waals surface area (Å²) in [6, 6.07) is 22.4. The van der Waals surface area contributed by atoms with Crippen molar-refractivity contribution in [2.45, 2.75) is 31.7 Å². The molecule has 106 valence electrons. The molecule has 2 aromatic carbocycles. The summed E-state index contributed by atoms with van der Waals surface area (Å²) in [4.78, 5) is 0. The standard InChI is InChI=1S/C19H22Si2/c1-20(2,3)14-9-15-21(18-11-5-4-6-12-18)16-17-10-7-8-13-19(17)21/h4-8,10-13H,15-16H2,1-3H3. The van der Waals surface area contributed by atoms with Crippen LogP contribution in [0.15, 0.2) is 54.6 Å². The minimum atomic E-state index is -1.59. The molecule has 2 heteroatoms. The number of fused-ring (bicyclic) bond motifs is 1. The lowest BCUT2D eigenvalue weighted by atomic mass is 10.2. The molecule has 0 bridgehead atoms. The summed E-state index contributed by atoms with van der Waals surface area (Å²) in [5, 5.41) is 3.16. The van der Waals surface area contributed by atoms with E-state index in [1.165, 1.54) is 6.04 Å². The summed E-state index contributed by atoms with van der Waals surface area (Å²) < 4.78 is 0. The van der Waals surface area contributed by atoms with Gasteiger partial charge in [0.25, 0.3) is 0 Å². The van der Waals surface area contributed by atoms with Crippen LogP contribution in [0.3, 0.4) is 0 Å². The molecule has 0 saturated carbocycles. The van der Waals surface area contributed by atoms with E-state index in [2.05, 4.69) is 85.7 Å². The summed E-state index contributed by atoms with van der Waals surface area (Å²) in [5.41, 5.74) is 5.11. The van der Waals surface area contributed by atoms with Gasteiger partial charge in [-0.2, -0.15) is 0 Å². The van der Waals surface area contributed by atoms with Crippen LogP contribution in [-0.4, -0.2) is 16.1 Å². The molecule has 0 fully saturated rings. The van der Waals surface area contributed by atoms with Crippen molar-refractivity contribution in [3.8, 4) is 11.5 Å². The largest absolute Gasteiger partial charge is 0.134 e. The Morgan fingerprint density at radius 3 is 2.29 bits per heavy atom. The van der Waals surface area contributed by atoms with E-state index in [1.54, 1.807) is 15.9 Å². The monoisotopic (exact) mass is 306 g/mol. The van der Waals surface area contributed by atoms with Crippen molar-refractivity contribution in [3.05, 3.63) is 60.2 Å². The van der Waals surface area contributed by atoms with Crippen molar-refractivity contribution in [2.24, 2.45) is 0 Å². The van der Waals surface area contributed by atoms with Crippen LogP contribution in [0.4, 0.5) is 0 Å². The van der Waals surface area contributed by atoms with Gasteiger partial charge in [0.15, 0.2) is 0 Å². The van der Waals surface area contributed by atoms with Crippen molar-refractivity contribution in [2.75, 3.05) is 0 Å². The summed E-state index contributed by atoms with van der Waals surface area (Å²) in [5.74, 6) is 3.58. The normalized spacial score (nSPS) is 20.0. The minimum absolute atomic E-state index is 1.08. The van der Waals surface area contributed by atoms with Gasteiger partial charge in [0.2, 0.25) is 0 Å². The van der Waals surface area contributed by atoms with Crippen LogP contribution in [0.5, 0.6) is 0 Å². The molecule has 0 amide bonds. The Bertz CT molecular complexity index is 702. The molecule has 1 heterocycles. The van der Waals surface area contributed by atoms with Crippen LogP contribution in [0, 0.1) is 11.5 Å². The zero-order valence-electron chi connectivity index (χ0n) is 13.1. The zero-order chi connectivity index (χ0) is 14.9. The van der Waals surface area contributed by atoms with Gasteiger partial charge in [-0.15, -0.1) is 11.5 Å². The van der Waals surface area contributed by atoms with E-state index < -0.39 is 16.1 Å². The van der Waals surface area contributed by atoms with E-state index in [4.69, 9.17) is 0 Å². The van der Waals surface area contributed by atoms with Crippen molar-refractivity contribution in [3.63, 3.8) is 0 Å². The van der Waals surface area contributed by atoms with Crippen LogP contribution < -0.4 is 10.4 Å². The van der Waals surface area contributed by atoms with Crippen LogP contribution >= 0.6 is 0 Å². The van der Waals surface area contributed by atoms with E-state index in [0.29, 0.717) is 0 Å². The molecular formula is C19H22Si2. The second-order valence-electron chi connectivity index (χ2n) is 7.01. The zero-order valence-corrected chi connectivity index (χ0v) is 15.1. The maximum absolute atomic E-state index is 3.58. The summed E-state index contributed by atoms with van der Waals surface area (Å²) in [6.07, 6.45) is 0. The van der Waals surface area contributed by atoms with E-state index in [-0.39, 0.29) is 0 Å². The Morgan fingerprint density at radius 1 is 0.952 bits per heavy atom. The average Bonchev–Trinajstić information content (AvgIpc) is 2.43. The first-order chi connectivity index (χ1) is 10.0. The molecule has 0 saturated heterocycles. The SMILES string of the molecule is C[Si](C)(C)C#CC[Si]1(c2ccccc2)Cc2ccccc21. The van der Waals surface area contributed by atoms with Crippen LogP contribution in [0.25, 0.3) is 0 Å². The van der Waals surface area contributed by atoms with Gasteiger partial charge in [-0.05, 0) is 11.2 Å². The van der Waals surface area contributed by atoms with E-state index >= 15 is 0 Å². The van der Waals surface area contributed by atoms with Crippen LogP contribution in [0.2, 0.25) is 25.7 Å². The van der Waals surface area contributed by atoms with Crippen molar-refractivity contribution in [1.29, 1.82) is 0 Å². The fourth-order valence-corrected chi connectivity index (χ4v) is 8.29. The second-order valence-corrected chi connectivity index (χ2v) is 15.7. The molecule has 0 N–H and O–H groups in total. The molecule has 21 heavy (non-hydrogen) atoms. The highest BCUT2D eigenvalue weighted by atomic mass is 28.3. The topological polar surface area (TPSA) is 0 Å². The van der Waals surface area contributed by atoms with Crippen LogP contribution in [-0.2, 0) is 6.04 Å². The Kier molecular flexibility index (Phi) is 3.65. The highest BCUT2D eigenvalue weighted by Gasteiger charge is 2.45. The molecule has 2 aromatic rings. The fraction of sp³-hybridized carbons (Fsp3) is 0.263. The Balaban J connectivity index is 2.00. The van der Waals surface area contributed by atoms with Gasteiger partial charge < -0.3 is 0 Å². The quantitative estimate of drug-likeness (QED) is 0.590. The molecule has 1 atom stereocenters. The first kappa shape index (κ1) is 14.4. The Hall–Kier alpha value is -1.57. The number of hydrogen-bond donors (Lipinski definition) is 0. The highest BCUT2D eigenvalue weighted by molar-refractivity contribution is 7.05. The van der Waals surface area contributed by atoms with Gasteiger partial charge in [0, 0.05) is 6.04 Å². The predicted molar refractivity (Wildman–Crippen MR) is 97.5 cm³/mol. The number of benzene rings is 2.